The summed E-state index contributed by atoms with van der Waals surface area (Å²) in [6, 6.07) is 7.58. The first-order chi connectivity index (χ1) is 10.5. The van der Waals surface area contributed by atoms with Crippen LogP contribution in [0.25, 0.3) is 5.65 Å². The van der Waals surface area contributed by atoms with E-state index in [-0.39, 0.29) is 12.5 Å². The number of benzene rings is 1. The summed E-state index contributed by atoms with van der Waals surface area (Å²) >= 11 is 3.44. The number of hydrogen-bond acceptors (Lipinski definition) is 2. The van der Waals surface area contributed by atoms with Gasteiger partial charge in [0.05, 0.1) is 12.2 Å². The Morgan fingerprint density at radius 1 is 1.36 bits per heavy atom. The molecule has 0 aliphatic rings. The zero-order valence-electron chi connectivity index (χ0n) is 11.8. The van der Waals surface area contributed by atoms with Gasteiger partial charge in [0.1, 0.15) is 11.5 Å². The lowest BCUT2D eigenvalue weighted by molar-refractivity contribution is 0.0950. The maximum Gasteiger partial charge on any atom is 0.251 e. The Balaban J connectivity index is 1.76. The minimum absolute atomic E-state index is 0.286. The van der Waals surface area contributed by atoms with Crippen molar-refractivity contribution in [3.05, 3.63) is 69.8 Å². The van der Waals surface area contributed by atoms with Crippen molar-refractivity contribution < 1.29 is 9.18 Å². The molecule has 1 N–H and O–H groups in total. The molecule has 0 saturated heterocycles. The summed E-state index contributed by atoms with van der Waals surface area (Å²) in [5.41, 5.74) is 2.92. The number of carbonyl (C=O) groups is 1. The van der Waals surface area contributed by atoms with Crippen LogP contribution in [-0.4, -0.2) is 15.3 Å². The third-order valence-electron chi connectivity index (χ3n) is 3.27. The van der Waals surface area contributed by atoms with Gasteiger partial charge in [-0.15, -0.1) is 0 Å². The second-order valence-corrected chi connectivity index (χ2v) is 5.91. The van der Waals surface area contributed by atoms with E-state index in [1.165, 1.54) is 18.2 Å². The number of carbonyl (C=O) groups excluding carboxylic acids is 1. The van der Waals surface area contributed by atoms with E-state index in [1.54, 1.807) is 6.07 Å². The zero-order valence-corrected chi connectivity index (χ0v) is 13.4. The Morgan fingerprint density at radius 3 is 2.95 bits per heavy atom. The molecule has 6 heteroatoms. The number of aromatic nitrogens is 2. The summed E-state index contributed by atoms with van der Waals surface area (Å²) in [5.74, 6) is -0.754. The van der Waals surface area contributed by atoms with Gasteiger partial charge in [-0.2, -0.15) is 0 Å². The number of nitrogens with one attached hydrogen (secondary N) is 1. The Morgan fingerprint density at radius 2 is 2.18 bits per heavy atom. The standard InChI is InChI=1S/C16H13BrFN3O/c1-10-5-12(17)8-21-9-14(20-15(10)21)7-19-16(22)11-3-2-4-13(18)6-11/h2-6,8-9H,7H2,1H3,(H,19,22). The van der Waals surface area contributed by atoms with Crippen LogP contribution in [0.2, 0.25) is 0 Å². The zero-order chi connectivity index (χ0) is 15.7. The minimum Gasteiger partial charge on any atom is -0.346 e. The molecule has 0 aliphatic carbocycles. The summed E-state index contributed by atoms with van der Waals surface area (Å²) in [6.45, 7) is 2.26. The Labute approximate surface area is 135 Å². The molecule has 0 saturated carbocycles. The van der Waals surface area contributed by atoms with Gasteiger partial charge in [-0.25, -0.2) is 9.37 Å². The van der Waals surface area contributed by atoms with Gasteiger partial charge >= 0.3 is 0 Å². The number of halogens is 2. The van der Waals surface area contributed by atoms with Crippen LogP contribution in [0.4, 0.5) is 4.39 Å². The van der Waals surface area contributed by atoms with Crippen molar-refractivity contribution in [3.63, 3.8) is 0 Å². The van der Waals surface area contributed by atoms with E-state index >= 15 is 0 Å². The van der Waals surface area contributed by atoms with Gasteiger partial charge in [0.25, 0.3) is 5.91 Å². The maximum atomic E-state index is 13.1. The van der Waals surface area contributed by atoms with Crippen LogP contribution in [0.1, 0.15) is 21.6 Å². The van der Waals surface area contributed by atoms with E-state index in [1.807, 2.05) is 29.8 Å². The molecule has 0 unspecified atom stereocenters. The van der Waals surface area contributed by atoms with Crippen LogP contribution in [0.3, 0.4) is 0 Å². The molecule has 22 heavy (non-hydrogen) atoms. The van der Waals surface area contributed by atoms with Crippen molar-refractivity contribution >= 4 is 27.5 Å². The molecule has 3 aromatic rings. The number of aryl methyl sites for hydroxylation is 1. The predicted octanol–water partition coefficient (Wildman–Crippen LogP) is 3.47. The molecular formula is C16H13BrFN3O. The monoisotopic (exact) mass is 361 g/mol. The smallest absolute Gasteiger partial charge is 0.251 e. The van der Waals surface area contributed by atoms with Gasteiger partial charge in [0, 0.05) is 22.4 Å². The average Bonchev–Trinajstić information content (AvgIpc) is 2.88. The van der Waals surface area contributed by atoms with E-state index in [9.17, 15) is 9.18 Å². The topological polar surface area (TPSA) is 46.4 Å². The van der Waals surface area contributed by atoms with Crippen LogP contribution in [0.15, 0.2) is 47.2 Å². The second kappa shape index (κ2) is 5.88. The van der Waals surface area contributed by atoms with E-state index in [0.717, 1.165) is 21.4 Å². The van der Waals surface area contributed by atoms with Crippen LogP contribution in [-0.2, 0) is 6.54 Å². The number of amides is 1. The lowest BCUT2D eigenvalue weighted by Gasteiger charge is -2.03. The van der Waals surface area contributed by atoms with Crippen molar-refractivity contribution in [1.82, 2.24) is 14.7 Å². The first-order valence-corrected chi connectivity index (χ1v) is 7.50. The number of fused-ring (bicyclic) bond motifs is 1. The third kappa shape index (κ3) is 3.01. The summed E-state index contributed by atoms with van der Waals surface area (Å²) in [5, 5.41) is 2.74. The molecule has 0 spiro atoms. The lowest BCUT2D eigenvalue weighted by Crippen LogP contribution is -2.23. The highest BCUT2D eigenvalue weighted by atomic mass is 79.9. The molecule has 4 nitrogen and oxygen atoms in total. The molecule has 1 aromatic carbocycles. The summed E-state index contributed by atoms with van der Waals surface area (Å²) < 4.78 is 16.0. The molecular weight excluding hydrogens is 349 g/mol. The number of pyridine rings is 1. The highest BCUT2D eigenvalue weighted by molar-refractivity contribution is 9.10. The summed E-state index contributed by atoms with van der Waals surface area (Å²) in [7, 11) is 0. The Hall–Kier alpha value is -2.21. The predicted molar refractivity (Wildman–Crippen MR) is 85.2 cm³/mol. The Bertz CT molecular complexity index is 860. The van der Waals surface area contributed by atoms with Gasteiger partial charge < -0.3 is 9.72 Å². The maximum absolute atomic E-state index is 13.1. The van der Waals surface area contributed by atoms with Crippen molar-refractivity contribution in [1.29, 1.82) is 0 Å². The fourth-order valence-corrected chi connectivity index (χ4v) is 2.83. The van der Waals surface area contributed by atoms with E-state index in [0.29, 0.717) is 5.56 Å². The average molecular weight is 362 g/mol. The molecule has 1 amide bonds. The molecule has 0 bridgehead atoms. The van der Waals surface area contributed by atoms with Crippen LogP contribution in [0, 0.1) is 12.7 Å². The van der Waals surface area contributed by atoms with Gasteiger partial charge in [-0.05, 0) is 52.7 Å². The van der Waals surface area contributed by atoms with Crippen LogP contribution in [0.5, 0.6) is 0 Å². The van der Waals surface area contributed by atoms with E-state index in [4.69, 9.17) is 0 Å². The van der Waals surface area contributed by atoms with E-state index < -0.39 is 5.82 Å². The van der Waals surface area contributed by atoms with Gasteiger partial charge in [0.15, 0.2) is 0 Å². The van der Waals surface area contributed by atoms with Crippen molar-refractivity contribution in [2.45, 2.75) is 13.5 Å². The van der Waals surface area contributed by atoms with Crippen molar-refractivity contribution in [2.75, 3.05) is 0 Å². The number of imidazole rings is 1. The fourth-order valence-electron chi connectivity index (χ4n) is 2.26. The SMILES string of the molecule is Cc1cc(Br)cn2cc(CNC(=O)c3cccc(F)c3)nc12. The van der Waals surface area contributed by atoms with Gasteiger partial charge in [0.2, 0.25) is 0 Å². The molecule has 0 radical (unpaired) electrons. The van der Waals surface area contributed by atoms with Crippen LogP contribution >= 0.6 is 15.9 Å². The molecule has 2 aromatic heterocycles. The summed E-state index contributed by atoms with van der Waals surface area (Å²) in [4.78, 5) is 16.5. The van der Waals surface area contributed by atoms with E-state index in [2.05, 4.69) is 26.2 Å². The number of hydrogen-bond donors (Lipinski definition) is 1. The first-order valence-electron chi connectivity index (χ1n) is 6.70. The molecule has 0 aliphatic heterocycles. The normalized spacial score (nSPS) is 10.9. The largest absolute Gasteiger partial charge is 0.346 e. The second-order valence-electron chi connectivity index (χ2n) is 5.00. The quantitative estimate of drug-likeness (QED) is 0.776. The van der Waals surface area contributed by atoms with Gasteiger partial charge in [-0.1, -0.05) is 6.07 Å². The minimum atomic E-state index is -0.430. The molecule has 0 atom stereocenters. The number of rotatable bonds is 3. The van der Waals surface area contributed by atoms with Gasteiger partial charge in [-0.3, -0.25) is 4.79 Å². The lowest BCUT2D eigenvalue weighted by atomic mass is 10.2. The van der Waals surface area contributed by atoms with Crippen molar-refractivity contribution in [2.24, 2.45) is 0 Å². The highest BCUT2D eigenvalue weighted by Crippen LogP contribution is 2.17. The highest BCUT2D eigenvalue weighted by Gasteiger charge is 2.09. The Kier molecular flexibility index (Phi) is 3.94. The van der Waals surface area contributed by atoms with Crippen LogP contribution < -0.4 is 5.32 Å². The molecule has 112 valence electrons. The third-order valence-corrected chi connectivity index (χ3v) is 3.70. The molecule has 3 rings (SSSR count). The first kappa shape index (κ1) is 14.7. The number of nitrogens with zero attached hydrogens (tertiary/aromatic N) is 2. The fraction of sp³-hybridized carbons (Fsp3) is 0.125. The van der Waals surface area contributed by atoms with Crippen molar-refractivity contribution in [3.8, 4) is 0 Å². The molecule has 2 heterocycles. The summed E-state index contributed by atoms with van der Waals surface area (Å²) in [6.07, 6.45) is 3.77. The molecule has 0 fully saturated rings.